The van der Waals surface area contributed by atoms with Crippen molar-refractivity contribution in [1.29, 1.82) is 0 Å². The Bertz CT molecular complexity index is 656. The molecular formula is C14H14Cl2N2O2. The van der Waals surface area contributed by atoms with E-state index in [1.807, 2.05) is 0 Å². The van der Waals surface area contributed by atoms with Gasteiger partial charge in [-0.2, -0.15) is 0 Å². The van der Waals surface area contributed by atoms with Gasteiger partial charge in [0.2, 0.25) is 0 Å². The van der Waals surface area contributed by atoms with Crippen LogP contribution in [0.5, 0.6) is 5.75 Å². The van der Waals surface area contributed by atoms with E-state index in [0.29, 0.717) is 41.1 Å². The highest BCUT2D eigenvalue weighted by Gasteiger charge is 2.05. The number of anilines is 1. The zero-order chi connectivity index (χ0) is 14.5. The van der Waals surface area contributed by atoms with E-state index < -0.39 is 0 Å². The van der Waals surface area contributed by atoms with Gasteiger partial charge in [0.05, 0.1) is 11.6 Å². The molecule has 2 rings (SSSR count). The Morgan fingerprint density at radius 2 is 2.00 bits per heavy atom. The van der Waals surface area contributed by atoms with Crippen LogP contribution in [-0.2, 0) is 6.54 Å². The second-order valence-electron chi connectivity index (χ2n) is 4.25. The number of hydrogen-bond acceptors (Lipinski definition) is 3. The van der Waals surface area contributed by atoms with Gasteiger partial charge >= 0.3 is 0 Å². The second-order valence-corrected chi connectivity index (χ2v) is 5.03. The van der Waals surface area contributed by atoms with Crippen molar-refractivity contribution in [3.63, 3.8) is 0 Å². The molecule has 0 amide bonds. The van der Waals surface area contributed by atoms with Gasteiger partial charge in [0.15, 0.2) is 0 Å². The first-order valence-electron chi connectivity index (χ1n) is 6.10. The molecule has 0 spiro atoms. The molecular weight excluding hydrogens is 299 g/mol. The number of rotatable bonds is 5. The minimum atomic E-state index is -0.0833. The van der Waals surface area contributed by atoms with Crippen LogP contribution in [0.1, 0.15) is 6.42 Å². The molecule has 0 aliphatic rings. The minimum absolute atomic E-state index is 0.0833. The highest BCUT2D eigenvalue weighted by atomic mass is 35.5. The van der Waals surface area contributed by atoms with Gasteiger partial charge in [-0.15, -0.1) is 0 Å². The molecule has 2 aromatic rings. The van der Waals surface area contributed by atoms with Crippen LogP contribution in [0.3, 0.4) is 0 Å². The van der Waals surface area contributed by atoms with Crippen LogP contribution in [0.15, 0.2) is 41.3 Å². The quantitative estimate of drug-likeness (QED) is 0.862. The van der Waals surface area contributed by atoms with Gasteiger partial charge in [-0.05, 0) is 24.6 Å². The van der Waals surface area contributed by atoms with E-state index in [9.17, 15) is 4.79 Å². The maximum Gasteiger partial charge on any atom is 0.250 e. The van der Waals surface area contributed by atoms with E-state index >= 15 is 0 Å². The lowest BCUT2D eigenvalue weighted by Crippen LogP contribution is -2.20. The van der Waals surface area contributed by atoms with Crippen molar-refractivity contribution < 1.29 is 4.74 Å². The minimum Gasteiger partial charge on any atom is -0.492 e. The molecule has 0 atom stereocenters. The predicted molar refractivity (Wildman–Crippen MR) is 81.7 cm³/mol. The normalized spacial score (nSPS) is 10.5. The Balaban J connectivity index is 1.89. The lowest BCUT2D eigenvalue weighted by Gasteiger charge is -2.10. The van der Waals surface area contributed by atoms with Crippen molar-refractivity contribution in [2.75, 3.05) is 12.3 Å². The monoisotopic (exact) mass is 312 g/mol. The van der Waals surface area contributed by atoms with Gasteiger partial charge in [-0.25, -0.2) is 0 Å². The predicted octanol–water partition coefficient (Wildman–Crippen LogP) is 3.21. The fourth-order valence-corrected chi connectivity index (χ4v) is 2.08. The average molecular weight is 313 g/mol. The van der Waals surface area contributed by atoms with Gasteiger partial charge in [-0.1, -0.05) is 29.3 Å². The third-order valence-corrected chi connectivity index (χ3v) is 3.52. The van der Waals surface area contributed by atoms with Gasteiger partial charge in [0.25, 0.3) is 5.56 Å². The van der Waals surface area contributed by atoms with Crippen molar-refractivity contribution in [3.8, 4) is 5.75 Å². The summed E-state index contributed by atoms with van der Waals surface area (Å²) in [6.45, 7) is 0.962. The molecule has 20 heavy (non-hydrogen) atoms. The summed E-state index contributed by atoms with van der Waals surface area (Å²) in [4.78, 5) is 11.6. The summed E-state index contributed by atoms with van der Waals surface area (Å²) in [5, 5.41) is 0.853. The van der Waals surface area contributed by atoms with E-state index in [1.54, 1.807) is 35.0 Å². The maximum atomic E-state index is 11.6. The van der Waals surface area contributed by atoms with Crippen molar-refractivity contribution in [1.82, 2.24) is 4.57 Å². The van der Waals surface area contributed by atoms with Gasteiger partial charge < -0.3 is 15.0 Å². The molecule has 4 nitrogen and oxygen atoms in total. The number of ether oxygens (including phenoxy) is 1. The smallest absolute Gasteiger partial charge is 0.250 e. The molecule has 106 valence electrons. The number of nitrogens with two attached hydrogens (primary N) is 1. The van der Waals surface area contributed by atoms with Crippen LogP contribution in [0.25, 0.3) is 0 Å². The molecule has 0 aliphatic heterocycles. The summed E-state index contributed by atoms with van der Waals surface area (Å²) >= 11 is 11.9. The fourth-order valence-electron chi connectivity index (χ4n) is 1.74. The highest BCUT2D eigenvalue weighted by molar-refractivity contribution is 6.42. The Morgan fingerprint density at radius 1 is 1.20 bits per heavy atom. The first-order valence-corrected chi connectivity index (χ1v) is 6.86. The van der Waals surface area contributed by atoms with Gasteiger partial charge in [0.1, 0.15) is 10.8 Å². The van der Waals surface area contributed by atoms with E-state index in [1.165, 1.54) is 6.07 Å². The third kappa shape index (κ3) is 3.68. The average Bonchev–Trinajstić information content (AvgIpc) is 2.43. The van der Waals surface area contributed by atoms with Crippen LogP contribution in [0.2, 0.25) is 10.0 Å². The van der Waals surface area contributed by atoms with E-state index in [-0.39, 0.29) is 5.56 Å². The van der Waals surface area contributed by atoms with Gasteiger partial charge in [-0.3, -0.25) is 4.79 Å². The Morgan fingerprint density at radius 3 is 2.80 bits per heavy atom. The molecule has 1 aromatic carbocycles. The second kappa shape index (κ2) is 6.68. The number of benzene rings is 1. The molecule has 0 bridgehead atoms. The lowest BCUT2D eigenvalue weighted by atomic mass is 10.3. The standard InChI is InChI=1S/C14H14Cl2N2O2/c15-11-3-1-4-12(14(11)16)20-8-2-7-18-9-10(17)5-6-13(18)19/h1,3-6,9H,2,7-8,17H2. The summed E-state index contributed by atoms with van der Waals surface area (Å²) < 4.78 is 7.10. The van der Waals surface area contributed by atoms with Crippen LogP contribution >= 0.6 is 23.2 Å². The van der Waals surface area contributed by atoms with E-state index in [0.717, 1.165) is 0 Å². The zero-order valence-corrected chi connectivity index (χ0v) is 12.2. The Hall–Kier alpha value is -1.65. The van der Waals surface area contributed by atoms with Crippen molar-refractivity contribution in [3.05, 3.63) is 56.9 Å². The molecule has 0 fully saturated rings. The summed E-state index contributed by atoms with van der Waals surface area (Å²) in [5.41, 5.74) is 6.11. The van der Waals surface area contributed by atoms with Crippen LogP contribution in [0, 0.1) is 0 Å². The summed E-state index contributed by atoms with van der Waals surface area (Å²) in [6.07, 6.45) is 2.28. The molecule has 0 unspecified atom stereocenters. The van der Waals surface area contributed by atoms with Crippen molar-refractivity contribution >= 4 is 28.9 Å². The number of halogens is 2. The molecule has 1 heterocycles. The number of pyridine rings is 1. The van der Waals surface area contributed by atoms with Crippen LogP contribution < -0.4 is 16.0 Å². The van der Waals surface area contributed by atoms with Crippen molar-refractivity contribution in [2.45, 2.75) is 13.0 Å². The first-order chi connectivity index (χ1) is 9.58. The third-order valence-electron chi connectivity index (χ3n) is 2.72. The molecule has 6 heteroatoms. The van der Waals surface area contributed by atoms with Crippen LogP contribution in [-0.4, -0.2) is 11.2 Å². The number of hydrogen-bond donors (Lipinski definition) is 1. The Labute approximate surface area is 126 Å². The van der Waals surface area contributed by atoms with E-state index in [2.05, 4.69) is 0 Å². The fraction of sp³-hybridized carbons (Fsp3) is 0.214. The first kappa shape index (κ1) is 14.8. The van der Waals surface area contributed by atoms with Crippen molar-refractivity contribution in [2.24, 2.45) is 0 Å². The van der Waals surface area contributed by atoms with Gasteiger partial charge in [0, 0.05) is 24.5 Å². The summed E-state index contributed by atoms with van der Waals surface area (Å²) in [7, 11) is 0. The van der Waals surface area contributed by atoms with E-state index in [4.69, 9.17) is 33.7 Å². The molecule has 2 N–H and O–H groups in total. The largest absolute Gasteiger partial charge is 0.492 e. The number of nitrogen functional groups attached to an aromatic ring is 1. The molecule has 0 aliphatic carbocycles. The van der Waals surface area contributed by atoms with Crippen LogP contribution in [0.4, 0.5) is 5.69 Å². The topological polar surface area (TPSA) is 57.2 Å². The zero-order valence-electron chi connectivity index (χ0n) is 10.7. The summed E-state index contributed by atoms with van der Waals surface area (Å²) in [5.74, 6) is 0.541. The maximum absolute atomic E-state index is 11.6. The highest BCUT2D eigenvalue weighted by Crippen LogP contribution is 2.31. The number of nitrogens with zero attached hydrogens (tertiary/aromatic N) is 1. The molecule has 1 aromatic heterocycles. The molecule has 0 radical (unpaired) electrons. The SMILES string of the molecule is Nc1ccc(=O)n(CCCOc2cccc(Cl)c2Cl)c1. The summed E-state index contributed by atoms with van der Waals surface area (Å²) in [6, 6.07) is 8.25. The molecule has 0 saturated heterocycles. The number of aromatic nitrogens is 1. The lowest BCUT2D eigenvalue weighted by molar-refractivity contribution is 0.301. The Kier molecular flexibility index (Phi) is 4.93. The molecule has 0 saturated carbocycles. The number of aryl methyl sites for hydroxylation is 1.